The summed E-state index contributed by atoms with van der Waals surface area (Å²) in [6.07, 6.45) is 3.51. The molecule has 2 aliphatic rings. The van der Waals surface area contributed by atoms with Crippen molar-refractivity contribution in [3.63, 3.8) is 0 Å². The maximum absolute atomic E-state index is 13.2. The average Bonchev–Trinajstić information content (AvgIpc) is 2.91. The van der Waals surface area contributed by atoms with Crippen LogP contribution in [-0.2, 0) is 22.6 Å². The molecule has 1 aromatic rings. The molecule has 132 valence electrons. The third kappa shape index (κ3) is 2.85. The third-order valence-corrected chi connectivity index (χ3v) is 4.81. The molecular weight excluding hydrogens is 310 g/mol. The number of nitrogens with zero attached hydrogens (tertiary/aromatic N) is 5. The first-order chi connectivity index (χ1) is 11.2. The SMILES string of the molecule is CN(C(=O)OC(C)(C)C)C1(C(=O)N2CCn3cnnc3C2)CCC1. The monoisotopic (exact) mass is 335 g/mol. The van der Waals surface area contributed by atoms with Crippen LogP contribution in [-0.4, -0.2) is 61.3 Å². The number of ether oxygens (including phenoxy) is 1. The fourth-order valence-corrected chi connectivity index (χ4v) is 3.24. The fraction of sp³-hybridized carbons (Fsp3) is 0.750. The first-order valence-electron chi connectivity index (χ1n) is 8.36. The number of hydrogen-bond donors (Lipinski definition) is 0. The molecule has 2 amide bonds. The maximum atomic E-state index is 13.2. The van der Waals surface area contributed by atoms with Crippen molar-refractivity contribution >= 4 is 12.0 Å². The van der Waals surface area contributed by atoms with E-state index in [1.807, 2.05) is 25.3 Å². The van der Waals surface area contributed by atoms with E-state index in [2.05, 4.69) is 10.2 Å². The van der Waals surface area contributed by atoms with Crippen LogP contribution >= 0.6 is 0 Å². The topological polar surface area (TPSA) is 80.6 Å². The van der Waals surface area contributed by atoms with Crippen LogP contribution in [0.15, 0.2) is 6.33 Å². The van der Waals surface area contributed by atoms with Crippen LogP contribution in [0.25, 0.3) is 0 Å². The number of rotatable bonds is 2. The van der Waals surface area contributed by atoms with Crippen LogP contribution in [0.3, 0.4) is 0 Å². The van der Waals surface area contributed by atoms with Crippen LogP contribution in [0.5, 0.6) is 0 Å². The Hall–Kier alpha value is -2.12. The summed E-state index contributed by atoms with van der Waals surface area (Å²) in [6, 6.07) is 0. The van der Waals surface area contributed by atoms with Crippen LogP contribution < -0.4 is 0 Å². The Balaban J connectivity index is 1.75. The lowest BCUT2D eigenvalue weighted by Crippen LogP contribution is -2.64. The molecule has 0 bridgehead atoms. The van der Waals surface area contributed by atoms with Crippen molar-refractivity contribution in [1.29, 1.82) is 0 Å². The van der Waals surface area contributed by atoms with Gasteiger partial charge in [0.1, 0.15) is 17.5 Å². The molecule has 2 heterocycles. The first-order valence-corrected chi connectivity index (χ1v) is 8.36. The zero-order valence-corrected chi connectivity index (χ0v) is 14.8. The van der Waals surface area contributed by atoms with E-state index in [4.69, 9.17) is 4.74 Å². The van der Waals surface area contributed by atoms with Gasteiger partial charge >= 0.3 is 6.09 Å². The number of aromatic nitrogens is 3. The van der Waals surface area contributed by atoms with Gasteiger partial charge in [0.05, 0.1) is 6.54 Å². The summed E-state index contributed by atoms with van der Waals surface area (Å²) in [7, 11) is 1.66. The van der Waals surface area contributed by atoms with Gasteiger partial charge < -0.3 is 14.2 Å². The van der Waals surface area contributed by atoms with Crippen molar-refractivity contribution in [3.8, 4) is 0 Å². The Kier molecular flexibility index (Phi) is 4.01. The second-order valence-corrected chi connectivity index (χ2v) is 7.59. The highest BCUT2D eigenvalue weighted by Crippen LogP contribution is 2.40. The molecule has 0 aromatic carbocycles. The lowest BCUT2D eigenvalue weighted by atomic mass is 9.74. The zero-order valence-electron chi connectivity index (χ0n) is 14.8. The van der Waals surface area contributed by atoms with Gasteiger partial charge in [-0.3, -0.25) is 9.69 Å². The number of carbonyl (C=O) groups excluding carboxylic acids is 2. The van der Waals surface area contributed by atoms with Crippen molar-refractivity contribution < 1.29 is 14.3 Å². The normalized spacial score (nSPS) is 19.2. The van der Waals surface area contributed by atoms with Crippen LogP contribution in [0.2, 0.25) is 0 Å². The predicted molar refractivity (Wildman–Crippen MR) is 86.0 cm³/mol. The summed E-state index contributed by atoms with van der Waals surface area (Å²) in [5, 5.41) is 7.95. The van der Waals surface area contributed by atoms with Gasteiger partial charge in [-0.1, -0.05) is 0 Å². The number of amides is 2. The lowest BCUT2D eigenvalue weighted by Gasteiger charge is -2.49. The molecular formula is C16H25N5O3. The summed E-state index contributed by atoms with van der Waals surface area (Å²) >= 11 is 0. The molecule has 1 aromatic heterocycles. The number of fused-ring (bicyclic) bond motifs is 1. The Morgan fingerprint density at radius 3 is 2.58 bits per heavy atom. The summed E-state index contributed by atoms with van der Waals surface area (Å²) < 4.78 is 7.41. The Morgan fingerprint density at radius 2 is 2.00 bits per heavy atom. The highest BCUT2D eigenvalue weighted by atomic mass is 16.6. The van der Waals surface area contributed by atoms with Crippen molar-refractivity contribution in [2.24, 2.45) is 0 Å². The summed E-state index contributed by atoms with van der Waals surface area (Å²) in [4.78, 5) is 28.9. The Morgan fingerprint density at radius 1 is 1.29 bits per heavy atom. The molecule has 0 spiro atoms. The molecule has 1 aliphatic carbocycles. The first kappa shape index (κ1) is 16.7. The van der Waals surface area contributed by atoms with E-state index in [0.29, 0.717) is 32.5 Å². The molecule has 1 aliphatic heterocycles. The van der Waals surface area contributed by atoms with Gasteiger partial charge in [-0.15, -0.1) is 10.2 Å². The van der Waals surface area contributed by atoms with E-state index in [9.17, 15) is 9.59 Å². The van der Waals surface area contributed by atoms with E-state index in [1.54, 1.807) is 18.3 Å². The standard InChI is InChI=1S/C16H25N5O3/c1-15(2,3)24-14(23)19(4)16(6-5-7-16)13(22)20-8-9-21-11-17-18-12(21)10-20/h11H,5-10H2,1-4H3. The molecule has 8 nitrogen and oxygen atoms in total. The second kappa shape index (κ2) is 5.75. The van der Waals surface area contributed by atoms with E-state index in [0.717, 1.165) is 12.2 Å². The quantitative estimate of drug-likeness (QED) is 0.816. The summed E-state index contributed by atoms with van der Waals surface area (Å²) in [5.41, 5.74) is -1.37. The van der Waals surface area contributed by atoms with Crippen molar-refractivity contribution in [1.82, 2.24) is 24.6 Å². The van der Waals surface area contributed by atoms with Gasteiger partial charge in [-0.05, 0) is 40.0 Å². The molecule has 0 unspecified atom stereocenters. The van der Waals surface area contributed by atoms with E-state index in [-0.39, 0.29) is 5.91 Å². The van der Waals surface area contributed by atoms with Crippen molar-refractivity contribution in [2.45, 2.75) is 64.3 Å². The minimum absolute atomic E-state index is 0.0173. The molecule has 1 saturated carbocycles. The number of hydrogen-bond acceptors (Lipinski definition) is 5. The number of carbonyl (C=O) groups is 2. The zero-order chi connectivity index (χ0) is 17.5. The number of likely N-dealkylation sites (N-methyl/N-ethyl adjacent to an activating group) is 1. The highest BCUT2D eigenvalue weighted by Gasteiger charge is 2.52. The molecule has 3 rings (SSSR count). The van der Waals surface area contributed by atoms with E-state index in [1.165, 1.54) is 4.90 Å². The molecule has 8 heteroatoms. The molecule has 0 saturated heterocycles. The minimum atomic E-state index is -0.787. The fourth-order valence-electron chi connectivity index (χ4n) is 3.24. The van der Waals surface area contributed by atoms with Gasteiger partial charge in [-0.2, -0.15) is 0 Å². The van der Waals surface area contributed by atoms with E-state index >= 15 is 0 Å². The Bertz CT molecular complexity index is 644. The van der Waals surface area contributed by atoms with Gasteiger partial charge in [0.15, 0.2) is 5.82 Å². The largest absolute Gasteiger partial charge is 0.444 e. The highest BCUT2D eigenvalue weighted by molar-refractivity contribution is 5.91. The van der Waals surface area contributed by atoms with Gasteiger partial charge in [-0.25, -0.2) is 4.79 Å². The average molecular weight is 335 g/mol. The lowest BCUT2D eigenvalue weighted by molar-refractivity contribution is -0.151. The third-order valence-electron chi connectivity index (χ3n) is 4.81. The van der Waals surface area contributed by atoms with Gasteiger partial charge in [0, 0.05) is 20.1 Å². The molecule has 24 heavy (non-hydrogen) atoms. The van der Waals surface area contributed by atoms with Crippen LogP contribution in [0, 0.1) is 0 Å². The maximum Gasteiger partial charge on any atom is 0.410 e. The van der Waals surface area contributed by atoms with Crippen molar-refractivity contribution in [2.75, 3.05) is 13.6 Å². The molecule has 0 radical (unpaired) electrons. The molecule has 0 N–H and O–H groups in total. The van der Waals surface area contributed by atoms with Crippen LogP contribution in [0.1, 0.15) is 45.9 Å². The minimum Gasteiger partial charge on any atom is -0.444 e. The van der Waals surface area contributed by atoms with Crippen molar-refractivity contribution in [3.05, 3.63) is 12.2 Å². The molecule has 1 fully saturated rings. The smallest absolute Gasteiger partial charge is 0.410 e. The van der Waals surface area contributed by atoms with E-state index < -0.39 is 17.2 Å². The molecule has 0 atom stereocenters. The summed E-state index contributed by atoms with van der Waals surface area (Å²) in [5.74, 6) is 0.764. The Labute approximate surface area is 141 Å². The summed E-state index contributed by atoms with van der Waals surface area (Å²) in [6.45, 7) is 7.19. The van der Waals surface area contributed by atoms with Gasteiger partial charge in [0.25, 0.3) is 0 Å². The second-order valence-electron chi connectivity index (χ2n) is 7.59. The predicted octanol–water partition coefficient (Wildman–Crippen LogP) is 1.41. The van der Waals surface area contributed by atoms with Crippen LogP contribution in [0.4, 0.5) is 4.79 Å². The van der Waals surface area contributed by atoms with Gasteiger partial charge in [0.2, 0.25) is 5.91 Å².